The summed E-state index contributed by atoms with van der Waals surface area (Å²) in [5, 5.41) is 0. The first-order chi connectivity index (χ1) is 10.0. The van der Waals surface area contributed by atoms with E-state index in [0.717, 1.165) is 0 Å². The summed E-state index contributed by atoms with van der Waals surface area (Å²) in [5.74, 6) is 0. The van der Waals surface area contributed by atoms with E-state index >= 15 is 0 Å². The predicted molar refractivity (Wildman–Crippen MR) is 74.5 cm³/mol. The van der Waals surface area contributed by atoms with Gasteiger partial charge in [0.2, 0.25) is 0 Å². The van der Waals surface area contributed by atoms with Crippen LogP contribution in [0, 0.1) is 0 Å². The molecule has 0 saturated heterocycles. The van der Waals surface area contributed by atoms with E-state index < -0.39 is 52.0 Å². The third-order valence-corrected chi connectivity index (χ3v) is 0. The lowest BCUT2D eigenvalue weighted by Gasteiger charge is -1.68. The number of rotatable bonds is 0. The van der Waals surface area contributed by atoms with Crippen molar-refractivity contribution >= 4 is 52.0 Å². The van der Waals surface area contributed by atoms with Crippen LogP contribution in [0.3, 0.4) is 0 Å². The van der Waals surface area contributed by atoms with Gasteiger partial charge in [-0.25, -0.2) is 0 Å². The Balaban J connectivity index is -0.0000000476. The normalized spacial score (nSPS) is 11.2. The summed E-state index contributed by atoms with van der Waals surface area (Å²) in [7, 11) is -23.3. The number of hydrogen-bond acceptors (Lipinski definition) is 10. The van der Waals surface area contributed by atoms with Gasteiger partial charge in [-0.05, 0) is 0 Å². The van der Waals surface area contributed by atoms with Crippen LogP contribution in [0.25, 0.3) is 0 Å². The van der Waals surface area contributed by atoms with Crippen LogP contribution in [0.15, 0.2) is 0 Å². The Labute approximate surface area is 145 Å². The summed E-state index contributed by atoms with van der Waals surface area (Å²) in [6, 6.07) is 0. The largest absolute Gasteiger partial charge is 0.412 e. The fourth-order valence-corrected chi connectivity index (χ4v) is 0. The Morgan fingerprint density at radius 2 is 0.269 bits per heavy atom. The molecule has 0 bridgehead atoms. The van der Waals surface area contributed by atoms with Gasteiger partial charge < -0.3 is 5.48 Å². The van der Waals surface area contributed by atoms with Gasteiger partial charge in [0.25, 0.3) is 0 Å². The molecule has 0 aliphatic carbocycles. The van der Waals surface area contributed by atoms with E-state index in [0.29, 0.717) is 0 Å². The van der Waals surface area contributed by atoms with Gasteiger partial charge in [-0.15, -0.1) is 0 Å². The highest BCUT2D eigenvalue weighted by Crippen LogP contribution is 1.60. The molecule has 0 unspecified atom stereocenters. The molecule has 0 spiro atoms. The Morgan fingerprint density at radius 3 is 0.269 bits per heavy atom. The summed E-state index contributed by atoms with van der Waals surface area (Å²) < 4.78 is 158. The topological polar surface area (TPSA) is 404 Å². The van der Waals surface area contributed by atoms with Crippen molar-refractivity contribution in [3.8, 4) is 0 Å². The van der Waals surface area contributed by atoms with Crippen LogP contribution in [0.4, 0.5) is 0 Å². The van der Waals surface area contributed by atoms with E-state index in [1.807, 2.05) is 0 Å². The summed E-state index contributed by atoms with van der Waals surface area (Å²) in [6.07, 6.45) is 0. The molecule has 0 fully saturated rings. The van der Waals surface area contributed by atoms with Gasteiger partial charge in [0, 0.05) is 0 Å². The molecule has 0 aliphatic heterocycles. The van der Waals surface area contributed by atoms with Crippen molar-refractivity contribution in [3.05, 3.63) is 0 Å². The zero-order valence-electron chi connectivity index (χ0n) is 11.1. The van der Waals surface area contributed by atoms with Crippen LogP contribution in [0.5, 0.6) is 0 Å². The Morgan fingerprint density at radius 1 is 0.269 bits per heavy atom. The smallest absolute Gasteiger partial charge is 0.394 e. The average molecular weight is 508 g/mol. The molecule has 12 N–H and O–H groups in total. The molecule has 0 radical (unpaired) electrons. The fraction of sp³-hybridized carbons (Fsp3) is 0. The highest BCUT2D eigenvalue weighted by molar-refractivity contribution is 7.80. The SMILES string of the molecule is O.O=S(=O)(O)O.O=S(=O)(O)O.O=S(=O)(O)O.O=S(=O)(O)O.O=S(=O)(O)O. The second-order valence-electron chi connectivity index (χ2n) is 2.24. The maximum Gasteiger partial charge on any atom is 0.394 e. The lowest BCUT2D eigenvalue weighted by molar-refractivity contribution is 0.378. The van der Waals surface area contributed by atoms with Gasteiger partial charge in [-0.2, -0.15) is 42.1 Å². The monoisotopic (exact) mass is 508 g/mol. The van der Waals surface area contributed by atoms with Gasteiger partial charge in [-0.3, -0.25) is 45.5 Å². The summed E-state index contributed by atoms with van der Waals surface area (Å²) in [4.78, 5) is 0. The zero-order chi connectivity index (χ0) is 22.5. The molecule has 21 nitrogen and oxygen atoms in total. The molecule has 0 aromatic heterocycles. The zero-order valence-corrected chi connectivity index (χ0v) is 15.2. The van der Waals surface area contributed by atoms with Gasteiger partial charge in [-0.1, -0.05) is 0 Å². The standard InChI is InChI=1S/5H2O4S.H2O/c5*1-5(2,3)4;/h5*(H2,1,2,3,4);1H2. The minimum Gasteiger partial charge on any atom is -0.412 e. The molecule has 26 heavy (non-hydrogen) atoms. The van der Waals surface area contributed by atoms with Crippen LogP contribution in [-0.4, -0.2) is 93.1 Å². The molecule has 26 heteroatoms. The fourth-order valence-electron chi connectivity index (χ4n) is 0. The summed E-state index contributed by atoms with van der Waals surface area (Å²) >= 11 is 0. The van der Waals surface area contributed by atoms with Gasteiger partial charge >= 0.3 is 52.0 Å². The van der Waals surface area contributed by atoms with Gasteiger partial charge in [0.1, 0.15) is 0 Å². The third kappa shape index (κ3) is 24400. The Kier molecular flexibility index (Phi) is 23.7. The van der Waals surface area contributed by atoms with E-state index in [2.05, 4.69) is 0 Å². The van der Waals surface area contributed by atoms with Crippen LogP contribution in [-0.2, 0) is 52.0 Å². The molecular weight excluding hydrogens is 496 g/mol. The Bertz CT molecular complexity index is 609. The highest BCUT2D eigenvalue weighted by Gasteiger charge is 1.86. The maximum atomic E-state index is 8.74. The minimum atomic E-state index is -4.67. The molecule has 0 aromatic carbocycles. The molecular formula is H12O21S5. The van der Waals surface area contributed by atoms with Crippen molar-refractivity contribution in [2.75, 3.05) is 0 Å². The van der Waals surface area contributed by atoms with Gasteiger partial charge in [0.15, 0.2) is 0 Å². The lowest BCUT2D eigenvalue weighted by Crippen LogP contribution is -1.89. The van der Waals surface area contributed by atoms with E-state index in [1.165, 1.54) is 0 Å². The number of hydrogen-bond donors (Lipinski definition) is 10. The van der Waals surface area contributed by atoms with Crippen LogP contribution >= 0.6 is 0 Å². The van der Waals surface area contributed by atoms with E-state index in [-0.39, 0.29) is 5.48 Å². The molecule has 0 rings (SSSR count). The van der Waals surface area contributed by atoms with Gasteiger partial charge in [0.05, 0.1) is 0 Å². The molecule has 0 amide bonds. The minimum absolute atomic E-state index is 0. The molecule has 0 heterocycles. The van der Waals surface area contributed by atoms with E-state index in [1.54, 1.807) is 0 Å². The van der Waals surface area contributed by atoms with Crippen molar-refractivity contribution in [2.24, 2.45) is 0 Å². The maximum absolute atomic E-state index is 8.74. The quantitative estimate of drug-likeness (QED) is 0.139. The van der Waals surface area contributed by atoms with Crippen LogP contribution in [0.2, 0.25) is 0 Å². The molecule has 0 saturated carbocycles. The van der Waals surface area contributed by atoms with Crippen molar-refractivity contribution in [1.82, 2.24) is 0 Å². The first-order valence-electron chi connectivity index (χ1n) is 3.49. The van der Waals surface area contributed by atoms with Crippen LogP contribution in [0.1, 0.15) is 0 Å². The average Bonchev–Trinajstić information content (AvgIpc) is 1.79. The molecule has 0 atom stereocenters. The van der Waals surface area contributed by atoms with Crippen molar-refractivity contribution < 1.29 is 93.1 Å². The molecule has 168 valence electrons. The molecule has 0 aromatic rings. The van der Waals surface area contributed by atoms with Crippen molar-refractivity contribution in [1.29, 1.82) is 0 Å². The first kappa shape index (κ1) is 40.1. The summed E-state index contributed by atoms with van der Waals surface area (Å²) in [5.41, 5.74) is 0. The highest BCUT2D eigenvalue weighted by atomic mass is 32.3. The first-order valence-corrected chi connectivity index (χ1v) is 10.5. The molecule has 0 aliphatic rings. The third-order valence-electron chi connectivity index (χ3n) is 0. The van der Waals surface area contributed by atoms with Crippen molar-refractivity contribution in [2.45, 2.75) is 0 Å². The summed E-state index contributed by atoms with van der Waals surface area (Å²) in [6.45, 7) is 0. The van der Waals surface area contributed by atoms with Crippen LogP contribution < -0.4 is 0 Å². The van der Waals surface area contributed by atoms with Crippen molar-refractivity contribution in [3.63, 3.8) is 0 Å². The van der Waals surface area contributed by atoms with E-state index in [9.17, 15) is 0 Å². The predicted octanol–water partition coefficient (Wildman–Crippen LogP) is -4.09. The Hall–Kier alpha value is -0.690. The second-order valence-corrected chi connectivity index (χ2v) is 6.72. The lowest BCUT2D eigenvalue weighted by atomic mass is 15.8. The second kappa shape index (κ2) is 15.4. The van der Waals surface area contributed by atoms with E-state index in [4.69, 9.17) is 87.6 Å².